The number of carbonyl (C=O) groups is 1. The van der Waals surface area contributed by atoms with Crippen LogP contribution in [0.4, 0.5) is 0 Å². The van der Waals surface area contributed by atoms with Crippen LogP contribution in [-0.2, 0) is 4.79 Å². The first-order valence-electron chi connectivity index (χ1n) is 10.6. The highest BCUT2D eigenvalue weighted by molar-refractivity contribution is 5.91. The van der Waals surface area contributed by atoms with E-state index in [1.54, 1.807) is 0 Å². The van der Waals surface area contributed by atoms with Crippen molar-refractivity contribution < 1.29 is 9.53 Å². The van der Waals surface area contributed by atoms with Crippen LogP contribution in [0.1, 0.15) is 41.0 Å². The number of hydrogen-bond acceptors (Lipinski definition) is 2. The molecule has 0 N–H and O–H groups in total. The number of carbonyl (C=O) groups excluding carboxylic acids is 1. The maximum atomic E-state index is 13.6. The maximum absolute atomic E-state index is 13.6. The summed E-state index contributed by atoms with van der Waals surface area (Å²) in [4.78, 5) is 13.6. The summed E-state index contributed by atoms with van der Waals surface area (Å²) in [5.74, 6) is 0.777. The molecule has 0 saturated carbocycles. The Bertz CT molecular complexity index is 1240. The lowest BCUT2D eigenvalue weighted by atomic mass is 9.54. The van der Waals surface area contributed by atoms with Gasteiger partial charge in [-0.05, 0) is 39.6 Å². The fourth-order valence-corrected chi connectivity index (χ4v) is 5.77. The molecule has 3 aliphatic carbocycles. The Morgan fingerprint density at radius 3 is 1.87 bits per heavy atom. The van der Waals surface area contributed by atoms with Crippen molar-refractivity contribution in [2.24, 2.45) is 11.8 Å². The Morgan fingerprint density at radius 1 is 0.667 bits per heavy atom. The first-order valence-corrected chi connectivity index (χ1v) is 10.6. The zero-order valence-electron chi connectivity index (χ0n) is 16.8. The first kappa shape index (κ1) is 17.5. The van der Waals surface area contributed by atoms with Gasteiger partial charge in [-0.2, -0.15) is 0 Å². The maximum Gasteiger partial charge on any atom is 0.315 e. The Kier molecular flexibility index (Phi) is 3.82. The Hall–Kier alpha value is -3.39. The molecule has 4 aromatic carbocycles. The number of benzene rings is 4. The molecule has 0 radical (unpaired) electrons. The molecule has 0 saturated heterocycles. The normalized spacial score (nSPS) is 23.6. The third kappa shape index (κ3) is 2.40. The predicted molar refractivity (Wildman–Crippen MR) is 119 cm³/mol. The summed E-state index contributed by atoms with van der Waals surface area (Å²) in [5.41, 5.74) is 5.28. The molecule has 2 bridgehead atoms. The summed E-state index contributed by atoms with van der Waals surface area (Å²) in [5, 5.41) is 2.06. The fourth-order valence-electron chi connectivity index (χ4n) is 5.77. The predicted octanol–water partition coefficient (Wildman–Crippen LogP) is 6.29. The highest BCUT2D eigenvalue weighted by atomic mass is 16.5. The van der Waals surface area contributed by atoms with Crippen LogP contribution in [0.3, 0.4) is 0 Å². The van der Waals surface area contributed by atoms with Crippen molar-refractivity contribution in [3.8, 4) is 5.75 Å². The average molecular weight is 390 g/mol. The molecular formula is C28H22O2. The molecule has 0 amide bonds. The molecule has 2 atom stereocenters. The van der Waals surface area contributed by atoms with Crippen LogP contribution in [0.2, 0.25) is 0 Å². The fraction of sp³-hybridized carbons (Fsp3) is 0.179. The molecule has 0 spiro atoms. The van der Waals surface area contributed by atoms with E-state index in [9.17, 15) is 4.79 Å². The van der Waals surface area contributed by atoms with Gasteiger partial charge < -0.3 is 4.74 Å². The zero-order valence-corrected chi connectivity index (χ0v) is 16.8. The Labute approximate surface area is 176 Å². The van der Waals surface area contributed by atoms with Crippen LogP contribution < -0.4 is 4.74 Å². The summed E-state index contributed by atoms with van der Waals surface area (Å²) in [6, 6.07) is 31.2. The third-order valence-corrected chi connectivity index (χ3v) is 7.02. The summed E-state index contributed by atoms with van der Waals surface area (Å²) < 4.78 is 6.08. The molecule has 30 heavy (non-hydrogen) atoms. The van der Waals surface area contributed by atoms with E-state index >= 15 is 0 Å². The standard InChI is InChI=1S/C28H22O2/c1-17-25-20-12-4-6-14-22(20)27(23-15-7-5-13-21(23)25)26(17)28(29)30-24-16-8-10-18-9-2-3-11-19(18)24/h2-17,25-27H,1H3. The van der Waals surface area contributed by atoms with Gasteiger partial charge in [-0.3, -0.25) is 4.79 Å². The largest absolute Gasteiger partial charge is 0.426 e. The molecule has 2 unspecified atom stereocenters. The minimum Gasteiger partial charge on any atom is -0.426 e. The zero-order chi connectivity index (χ0) is 20.2. The molecule has 146 valence electrons. The van der Waals surface area contributed by atoms with Crippen molar-refractivity contribution in [3.63, 3.8) is 0 Å². The van der Waals surface area contributed by atoms with Crippen molar-refractivity contribution in [2.75, 3.05) is 0 Å². The van der Waals surface area contributed by atoms with Gasteiger partial charge in [-0.15, -0.1) is 0 Å². The van der Waals surface area contributed by atoms with Crippen molar-refractivity contribution in [3.05, 3.63) is 113 Å². The van der Waals surface area contributed by atoms with Crippen molar-refractivity contribution >= 4 is 16.7 Å². The van der Waals surface area contributed by atoms with E-state index in [2.05, 4.69) is 55.5 Å². The van der Waals surface area contributed by atoms with Crippen LogP contribution >= 0.6 is 0 Å². The quantitative estimate of drug-likeness (QED) is 0.297. The van der Waals surface area contributed by atoms with Gasteiger partial charge >= 0.3 is 5.97 Å². The molecule has 4 aromatic rings. The van der Waals surface area contributed by atoms with Gasteiger partial charge in [0.15, 0.2) is 0 Å². The lowest BCUT2D eigenvalue weighted by molar-refractivity contribution is -0.142. The van der Waals surface area contributed by atoms with Crippen LogP contribution in [0.25, 0.3) is 10.8 Å². The Balaban J connectivity index is 1.45. The lowest BCUT2D eigenvalue weighted by Crippen LogP contribution is -2.43. The topological polar surface area (TPSA) is 26.3 Å². The van der Waals surface area contributed by atoms with Gasteiger partial charge in [0, 0.05) is 17.2 Å². The number of esters is 1. The van der Waals surface area contributed by atoms with E-state index in [0.717, 1.165) is 10.8 Å². The molecule has 0 aromatic heterocycles. The van der Waals surface area contributed by atoms with Crippen LogP contribution in [0.5, 0.6) is 5.75 Å². The van der Waals surface area contributed by atoms with Gasteiger partial charge in [-0.1, -0.05) is 91.9 Å². The first-order chi connectivity index (χ1) is 14.7. The SMILES string of the molecule is CC1C2c3ccccc3C(c3ccccc32)C1C(=O)Oc1cccc2ccccc12. The second kappa shape index (κ2) is 6.56. The average Bonchev–Trinajstić information content (AvgIpc) is 2.79. The molecule has 0 aliphatic heterocycles. The smallest absolute Gasteiger partial charge is 0.315 e. The third-order valence-electron chi connectivity index (χ3n) is 7.02. The van der Waals surface area contributed by atoms with Gasteiger partial charge in [-0.25, -0.2) is 0 Å². The van der Waals surface area contributed by atoms with Gasteiger partial charge in [0.25, 0.3) is 0 Å². The molecule has 2 heteroatoms. The number of fused-ring (bicyclic) bond motifs is 2. The minimum absolute atomic E-state index is 0.0416. The molecule has 0 fully saturated rings. The molecule has 7 rings (SSSR count). The molecular weight excluding hydrogens is 368 g/mol. The highest BCUT2D eigenvalue weighted by Crippen LogP contribution is 2.58. The number of rotatable bonds is 2. The molecule has 3 aliphatic rings. The van der Waals surface area contributed by atoms with Crippen LogP contribution in [0, 0.1) is 11.8 Å². The van der Waals surface area contributed by atoms with Gasteiger partial charge in [0.05, 0.1) is 5.92 Å². The van der Waals surface area contributed by atoms with E-state index < -0.39 is 0 Å². The summed E-state index contributed by atoms with van der Waals surface area (Å²) in [6.45, 7) is 2.21. The number of hydrogen-bond donors (Lipinski definition) is 0. The monoisotopic (exact) mass is 390 g/mol. The van der Waals surface area contributed by atoms with Crippen molar-refractivity contribution in [1.29, 1.82) is 0 Å². The number of ether oxygens (including phenoxy) is 1. The van der Waals surface area contributed by atoms with Crippen molar-refractivity contribution in [2.45, 2.75) is 18.8 Å². The van der Waals surface area contributed by atoms with E-state index in [0.29, 0.717) is 5.75 Å². The van der Waals surface area contributed by atoms with Crippen molar-refractivity contribution in [1.82, 2.24) is 0 Å². The van der Waals surface area contributed by atoms with E-state index in [1.807, 2.05) is 42.5 Å². The summed E-state index contributed by atoms with van der Waals surface area (Å²) >= 11 is 0. The van der Waals surface area contributed by atoms with Crippen LogP contribution in [0.15, 0.2) is 91.0 Å². The summed E-state index contributed by atoms with van der Waals surface area (Å²) in [6.07, 6.45) is 0. The van der Waals surface area contributed by atoms with Crippen LogP contribution in [-0.4, -0.2) is 5.97 Å². The molecule has 2 nitrogen and oxygen atoms in total. The summed E-state index contributed by atoms with van der Waals surface area (Å²) in [7, 11) is 0. The second-order valence-electron chi connectivity index (χ2n) is 8.50. The van der Waals surface area contributed by atoms with E-state index in [4.69, 9.17) is 4.74 Å². The van der Waals surface area contributed by atoms with Gasteiger partial charge in [0.2, 0.25) is 0 Å². The highest BCUT2D eigenvalue weighted by Gasteiger charge is 2.51. The van der Waals surface area contributed by atoms with E-state index in [1.165, 1.54) is 22.3 Å². The van der Waals surface area contributed by atoms with Gasteiger partial charge in [0.1, 0.15) is 5.75 Å². The molecule has 0 heterocycles. The lowest BCUT2D eigenvalue weighted by Gasteiger charge is -2.48. The van der Waals surface area contributed by atoms with E-state index in [-0.39, 0.29) is 29.6 Å². The second-order valence-corrected chi connectivity index (χ2v) is 8.50. The Morgan fingerprint density at radius 2 is 1.20 bits per heavy atom. The minimum atomic E-state index is -0.196.